The molecule has 1 saturated carbocycles. The van der Waals surface area contributed by atoms with Crippen LogP contribution in [-0.4, -0.2) is 30.6 Å². The fourth-order valence-corrected chi connectivity index (χ4v) is 1.82. The van der Waals surface area contributed by atoms with Crippen molar-refractivity contribution in [2.75, 3.05) is 13.7 Å². The first-order valence-corrected chi connectivity index (χ1v) is 4.67. The van der Waals surface area contributed by atoms with Crippen molar-refractivity contribution < 1.29 is 18.7 Å². The number of carbonyl (C=O) groups excluding carboxylic acids is 1. The molecule has 0 aromatic rings. The fourth-order valence-electron chi connectivity index (χ4n) is 1.82. The second kappa shape index (κ2) is 3.81. The number of carbonyl (C=O) groups is 1. The van der Waals surface area contributed by atoms with E-state index in [0.29, 0.717) is 0 Å². The van der Waals surface area contributed by atoms with E-state index in [2.05, 4.69) is 5.32 Å². The molecule has 1 amide bonds. The van der Waals surface area contributed by atoms with E-state index in [1.54, 1.807) is 0 Å². The van der Waals surface area contributed by atoms with Crippen molar-refractivity contribution in [3.63, 3.8) is 0 Å². The highest BCUT2D eigenvalue weighted by atomic mass is 19.3. The van der Waals surface area contributed by atoms with Gasteiger partial charge in [-0.05, 0) is 12.8 Å². The van der Waals surface area contributed by atoms with Crippen LogP contribution in [0, 0.1) is 5.41 Å². The van der Waals surface area contributed by atoms with Gasteiger partial charge in [0, 0.05) is 19.9 Å². The average Bonchev–Trinajstić information content (AvgIpc) is 2.18. The second-order valence-electron chi connectivity index (χ2n) is 3.87. The third-order valence-electron chi connectivity index (χ3n) is 2.95. The lowest BCUT2D eigenvalue weighted by Crippen LogP contribution is -2.46. The smallest absolute Gasteiger partial charge is 0.248 e. The molecule has 0 unspecified atom stereocenters. The zero-order valence-electron chi connectivity index (χ0n) is 8.15. The fraction of sp³-hybridized carbons (Fsp3) is 0.889. The van der Waals surface area contributed by atoms with E-state index in [9.17, 15) is 13.6 Å². The number of aliphatic hydroxyl groups is 1. The summed E-state index contributed by atoms with van der Waals surface area (Å²) in [6.07, 6.45) is -0.533. The summed E-state index contributed by atoms with van der Waals surface area (Å²) in [5.41, 5.74) is -0.990. The van der Waals surface area contributed by atoms with Crippen molar-refractivity contribution in [2.45, 2.75) is 31.6 Å². The topological polar surface area (TPSA) is 49.3 Å². The molecule has 0 aromatic heterocycles. The number of alkyl halides is 2. The van der Waals surface area contributed by atoms with Crippen LogP contribution >= 0.6 is 0 Å². The van der Waals surface area contributed by atoms with E-state index >= 15 is 0 Å². The third-order valence-corrected chi connectivity index (χ3v) is 2.95. The first-order chi connectivity index (χ1) is 6.46. The monoisotopic (exact) mass is 207 g/mol. The number of aliphatic hydroxyl groups excluding tert-OH is 1. The van der Waals surface area contributed by atoms with E-state index in [1.165, 1.54) is 7.05 Å². The van der Waals surface area contributed by atoms with Crippen LogP contribution in [0.5, 0.6) is 0 Å². The minimum absolute atomic E-state index is 0.0518. The van der Waals surface area contributed by atoms with Crippen LogP contribution in [-0.2, 0) is 4.79 Å². The van der Waals surface area contributed by atoms with Crippen LogP contribution < -0.4 is 5.32 Å². The second-order valence-corrected chi connectivity index (χ2v) is 3.87. The number of hydrogen-bond acceptors (Lipinski definition) is 2. The SMILES string of the molecule is CNC(=O)C1(CO)CCC(F)(F)CC1. The van der Waals surface area contributed by atoms with Gasteiger partial charge >= 0.3 is 0 Å². The molecule has 0 aromatic carbocycles. The minimum atomic E-state index is -2.67. The van der Waals surface area contributed by atoms with Gasteiger partial charge in [-0.1, -0.05) is 0 Å². The lowest BCUT2D eigenvalue weighted by Gasteiger charge is -2.36. The Morgan fingerprint density at radius 3 is 2.21 bits per heavy atom. The predicted molar refractivity (Wildman–Crippen MR) is 47.0 cm³/mol. The summed E-state index contributed by atoms with van der Waals surface area (Å²) in [5.74, 6) is -3.01. The summed E-state index contributed by atoms with van der Waals surface area (Å²) in [6, 6.07) is 0. The van der Waals surface area contributed by atoms with Crippen molar-refractivity contribution in [1.82, 2.24) is 5.32 Å². The Kier molecular flexibility index (Phi) is 3.09. The Morgan fingerprint density at radius 1 is 1.36 bits per heavy atom. The van der Waals surface area contributed by atoms with Gasteiger partial charge in [-0.3, -0.25) is 4.79 Å². The van der Waals surface area contributed by atoms with Crippen LogP contribution in [0.3, 0.4) is 0 Å². The minimum Gasteiger partial charge on any atom is -0.395 e. The maximum atomic E-state index is 12.8. The summed E-state index contributed by atoms with van der Waals surface area (Å²) in [6.45, 7) is -0.358. The van der Waals surface area contributed by atoms with Gasteiger partial charge in [0.2, 0.25) is 11.8 Å². The number of amides is 1. The van der Waals surface area contributed by atoms with Gasteiger partial charge in [-0.2, -0.15) is 0 Å². The molecule has 1 aliphatic carbocycles. The van der Waals surface area contributed by atoms with Gasteiger partial charge in [-0.25, -0.2) is 8.78 Å². The molecule has 0 bridgehead atoms. The molecule has 1 aliphatic rings. The molecule has 1 rings (SSSR count). The quantitative estimate of drug-likeness (QED) is 0.707. The molecule has 0 aliphatic heterocycles. The number of nitrogens with one attached hydrogen (secondary N) is 1. The van der Waals surface area contributed by atoms with E-state index in [-0.39, 0.29) is 38.2 Å². The first-order valence-electron chi connectivity index (χ1n) is 4.67. The normalized spacial score (nSPS) is 24.3. The summed E-state index contributed by atoms with van der Waals surface area (Å²) in [5, 5.41) is 11.5. The Labute approximate surface area is 81.5 Å². The van der Waals surface area contributed by atoms with Gasteiger partial charge in [-0.15, -0.1) is 0 Å². The molecule has 0 saturated heterocycles. The summed E-state index contributed by atoms with van der Waals surface area (Å²) in [7, 11) is 1.45. The molecule has 0 spiro atoms. The molecule has 82 valence electrons. The number of rotatable bonds is 2. The molecule has 5 heteroatoms. The Hall–Kier alpha value is -0.710. The van der Waals surface area contributed by atoms with Gasteiger partial charge < -0.3 is 10.4 Å². The van der Waals surface area contributed by atoms with Crippen molar-refractivity contribution in [1.29, 1.82) is 0 Å². The molecule has 0 atom stereocenters. The van der Waals surface area contributed by atoms with Crippen molar-refractivity contribution in [2.24, 2.45) is 5.41 Å². The van der Waals surface area contributed by atoms with E-state index in [4.69, 9.17) is 5.11 Å². The van der Waals surface area contributed by atoms with Crippen LogP contribution in [0.2, 0.25) is 0 Å². The molecule has 0 heterocycles. The summed E-state index contributed by atoms with van der Waals surface area (Å²) in [4.78, 5) is 11.4. The molecular formula is C9H15F2NO2. The zero-order chi connectivity index (χ0) is 10.8. The first kappa shape index (κ1) is 11.4. The van der Waals surface area contributed by atoms with Gasteiger partial charge in [0.05, 0.1) is 12.0 Å². The molecule has 2 N–H and O–H groups in total. The molecule has 0 radical (unpaired) electrons. The largest absolute Gasteiger partial charge is 0.395 e. The van der Waals surface area contributed by atoms with Crippen molar-refractivity contribution in [3.05, 3.63) is 0 Å². The number of halogens is 2. The summed E-state index contributed by atoms with van der Waals surface area (Å²) >= 11 is 0. The van der Waals surface area contributed by atoms with E-state index < -0.39 is 11.3 Å². The number of hydrogen-bond donors (Lipinski definition) is 2. The van der Waals surface area contributed by atoms with Gasteiger partial charge in [0.1, 0.15) is 0 Å². The zero-order valence-corrected chi connectivity index (χ0v) is 8.15. The Bertz CT molecular complexity index is 221. The molecule has 14 heavy (non-hydrogen) atoms. The molecule has 3 nitrogen and oxygen atoms in total. The Morgan fingerprint density at radius 2 is 1.86 bits per heavy atom. The van der Waals surface area contributed by atoms with Crippen LogP contribution in [0.4, 0.5) is 8.78 Å². The maximum Gasteiger partial charge on any atom is 0.248 e. The van der Waals surface area contributed by atoms with Crippen molar-refractivity contribution in [3.8, 4) is 0 Å². The molecular weight excluding hydrogens is 192 g/mol. The van der Waals surface area contributed by atoms with Gasteiger partial charge in [0.25, 0.3) is 0 Å². The Balaban J connectivity index is 2.71. The van der Waals surface area contributed by atoms with E-state index in [0.717, 1.165) is 0 Å². The van der Waals surface area contributed by atoms with Gasteiger partial charge in [0.15, 0.2) is 0 Å². The van der Waals surface area contributed by atoms with Crippen LogP contribution in [0.15, 0.2) is 0 Å². The molecule has 1 fully saturated rings. The third kappa shape index (κ3) is 2.03. The van der Waals surface area contributed by atoms with E-state index in [1.807, 2.05) is 0 Å². The lowest BCUT2D eigenvalue weighted by molar-refractivity contribution is -0.142. The maximum absolute atomic E-state index is 12.8. The highest BCUT2D eigenvalue weighted by Gasteiger charge is 2.46. The van der Waals surface area contributed by atoms with Crippen molar-refractivity contribution >= 4 is 5.91 Å². The lowest BCUT2D eigenvalue weighted by atomic mass is 9.72. The van der Waals surface area contributed by atoms with Crippen LogP contribution in [0.1, 0.15) is 25.7 Å². The summed E-state index contributed by atoms with van der Waals surface area (Å²) < 4.78 is 25.7. The highest BCUT2D eigenvalue weighted by molar-refractivity contribution is 5.82. The predicted octanol–water partition coefficient (Wildman–Crippen LogP) is 0.920. The average molecular weight is 207 g/mol. The highest BCUT2D eigenvalue weighted by Crippen LogP contribution is 2.43. The standard InChI is InChI=1S/C9H15F2NO2/c1-12-7(14)8(6-13)2-4-9(10,11)5-3-8/h13H,2-6H2,1H3,(H,12,14). The van der Waals surface area contributed by atoms with Crippen LogP contribution in [0.25, 0.3) is 0 Å².